The molecule has 0 aliphatic carbocycles. The van der Waals surface area contributed by atoms with Gasteiger partial charge in [-0.15, -0.1) is 5.10 Å². The predicted molar refractivity (Wildman–Crippen MR) is 65.0 cm³/mol. The number of carbonyl (C=O) groups is 1. The van der Waals surface area contributed by atoms with E-state index < -0.39 is 0 Å². The van der Waals surface area contributed by atoms with Crippen LogP contribution >= 0.6 is 0 Å². The molecule has 0 saturated heterocycles. The van der Waals surface area contributed by atoms with Gasteiger partial charge in [0.1, 0.15) is 5.69 Å². The first kappa shape index (κ1) is 11.5. The van der Waals surface area contributed by atoms with Gasteiger partial charge in [0.2, 0.25) is 0 Å². The molecule has 0 amide bonds. The van der Waals surface area contributed by atoms with Crippen molar-refractivity contribution in [3.8, 4) is 0 Å². The predicted octanol–water partition coefficient (Wildman–Crippen LogP) is 2.26. The van der Waals surface area contributed by atoms with Gasteiger partial charge in [0.15, 0.2) is 6.29 Å². The molecular formula is C13H15N3O. The number of aromatic nitrogens is 3. The number of nitrogens with zero attached hydrogens (tertiary/aromatic N) is 3. The van der Waals surface area contributed by atoms with Gasteiger partial charge in [0.05, 0.1) is 5.69 Å². The summed E-state index contributed by atoms with van der Waals surface area (Å²) < 4.78 is 1.80. The maximum atomic E-state index is 10.9. The first-order valence-corrected chi connectivity index (χ1v) is 5.65. The summed E-state index contributed by atoms with van der Waals surface area (Å²) in [7, 11) is 0. The molecule has 2 aromatic rings. The van der Waals surface area contributed by atoms with Gasteiger partial charge in [-0.1, -0.05) is 35.5 Å². The Labute approximate surface area is 100 Å². The third kappa shape index (κ3) is 2.41. The summed E-state index contributed by atoms with van der Waals surface area (Å²) in [5.41, 5.74) is 2.46. The SMILES string of the molecule is CC(C)n1nnc(C=O)c1Cc1ccccc1. The van der Waals surface area contributed by atoms with Crippen molar-refractivity contribution in [3.05, 3.63) is 47.3 Å². The topological polar surface area (TPSA) is 47.8 Å². The van der Waals surface area contributed by atoms with Crippen LogP contribution in [0.15, 0.2) is 30.3 Å². The Morgan fingerprint density at radius 2 is 2.00 bits per heavy atom. The standard InChI is InChI=1S/C13H15N3O/c1-10(2)16-13(12(9-17)14-15-16)8-11-6-4-3-5-7-11/h3-7,9-10H,8H2,1-2H3. The zero-order chi connectivity index (χ0) is 12.3. The number of hydrogen-bond acceptors (Lipinski definition) is 3. The van der Waals surface area contributed by atoms with Crippen LogP contribution in [-0.2, 0) is 6.42 Å². The molecule has 88 valence electrons. The molecule has 17 heavy (non-hydrogen) atoms. The van der Waals surface area contributed by atoms with E-state index in [0.29, 0.717) is 12.1 Å². The monoisotopic (exact) mass is 229 g/mol. The Balaban J connectivity index is 2.36. The van der Waals surface area contributed by atoms with Gasteiger partial charge in [0, 0.05) is 12.5 Å². The normalized spacial score (nSPS) is 10.8. The molecule has 4 nitrogen and oxygen atoms in total. The minimum atomic E-state index is 0.204. The van der Waals surface area contributed by atoms with Crippen molar-refractivity contribution in [2.75, 3.05) is 0 Å². The molecule has 0 N–H and O–H groups in total. The Hall–Kier alpha value is -1.97. The van der Waals surface area contributed by atoms with Crippen molar-refractivity contribution in [2.24, 2.45) is 0 Å². The highest BCUT2D eigenvalue weighted by atomic mass is 16.1. The van der Waals surface area contributed by atoms with Crippen molar-refractivity contribution in [1.29, 1.82) is 0 Å². The molecule has 0 spiro atoms. The number of aldehydes is 1. The molecule has 0 radical (unpaired) electrons. The lowest BCUT2D eigenvalue weighted by Crippen LogP contribution is -2.09. The van der Waals surface area contributed by atoms with E-state index in [1.165, 1.54) is 0 Å². The van der Waals surface area contributed by atoms with Gasteiger partial charge < -0.3 is 0 Å². The van der Waals surface area contributed by atoms with Crippen LogP contribution in [-0.4, -0.2) is 21.3 Å². The highest BCUT2D eigenvalue weighted by Crippen LogP contribution is 2.15. The highest BCUT2D eigenvalue weighted by Gasteiger charge is 2.14. The van der Waals surface area contributed by atoms with Crippen LogP contribution in [0.4, 0.5) is 0 Å². The summed E-state index contributed by atoms with van der Waals surface area (Å²) in [6, 6.07) is 10.2. The van der Waals surface area contributed by atoms with Gasteiger partial charge in [-0.25, -0.2) is 4.68 Å². The Morgan fingerprint density at radius 3 is 2.59 bits per heavy atom. The van der Waals surface area contributed by atoms with Gasteiger partial charge in [-0.05, 0) is 19.4 Å². The van der Waals surface area contributed by atoms with Gasteiger partial charge in [-0.3, -0.25) is 4.79 Å². The highest BCUT2D eigenvalue weighted by molar-refractivity contribution is 5.73. The minimum Gasteiger partial charge on any atom is -0.296 e. The quantitative estimate of drug-likeness (QED) is 0.755. The second kappa shape index (κ2) is 4.91. The number of hydrogen-bond donors (Lipinski definition) is 0. The van der Waals surface area contributed by atoms with Crippen LogP contribution < -0.4 is 0 Å². The van der Waals surface area contributed by atoms with E-state index >= 15 is 0 Å². The summed E-state index contributed by atoms with van der Waals surface area (Å²) >= 11 is 0. The van der Waals surface area contributed by atoms with Gasteiger partial charge >= 0.3 is 0 Å². The van der Waals surface area contributed by atoms with Crippen molar-refractivity contribution in [2.45, 2.75) is 26.3 Å². The first-order valence-electron chi connectivity index (χ1n) is 5.65. The van der Waals surface area contributed by atoms with E-state index in [-0.39, 0.29) is 6.04 Å². The molecule has 0 aliphatic heterocycles. The van der Waals surface area contributed by atoms with Gasteiger partial charge in [0.25, 0.3) is 0 Å². The van der Waals surface area contributed by atoms with Crippen LogP contribution in [0.2, 0.25) is 0 Å². The average molecular weight is 229 g/mol. The lowest BCUT2D eigenvalue weighted by atomic mass is 10.1. The number of rotatable bonds is 4. The summed E-state index contributed by atoms with van der Waals surface area (Å²) in [6.45, 7) is 4.05. The molecule has 0 unspecified atom stereocenters. The lowest BCUT2D eigenvalue weighted by molar-refractivity contribution is 0.111. The van der Waals surface area contributed by atoms with Crippen LogP contribution in [0.25, 0.3) is 0 Å². The zero-order valence-corrected chi connectivity index (χ0v) is 10.00. The molecule has 0 aliphatic rings. The smallest absolute Gasteiger partial charge is 0.172 e. The number of carbonyl (C=O) groups excluding carboxylic acids is 1. The summed E-state index contributed by atoms with van der Waals surface area (Å²) in [5, 5.41) is 7.92. The molecule has 1 aromatic carbocycles. The second-order valence-corrected chi connectivity index (χ2v) is 4.24. The molecule has 1 heterocycles. The van der Waals surface area contributed by atoms with E-state index in [0.717, 1.165) is 17.5 Å². The van der Waals surface area contributed by atoms with E-state index in [1.54, 1.807) is 4.68 Å². The fourth-order valence-corrected chi connectivity index (χ4v) is 1.79. The van der Waals surface area contributed by atoms with E-state index in [4.69, 9.17) is 0 Å². The largest absolute Gasteiger partial charge is 0.296 e. The molecular weight excluding hydrogens is 214 g/mol. The Kier molecular flexibility index (Phi) is 3.32. The Morgan fingerprint density at radius 1 is 1.29 bits per heavy atom. The second-order valence-electron chi connectivity index (χ2n) is 4.24. The van der Waals surface area contributed by atoms with Crippen molar-refractivity contribution < 1.29 is 4.79 Å². The number of benzene rings is 1. The zero-order valence-electron chi connectivity index (χ0n) is 10.00. The maximum absolute atomic E-state index is 10.9. The van der Waals surface area contributed by atoms with Crippen molar-refractivity contribution in [1.82, 2.24) is 15.0 Å². The van der Waals surface area contributed by atoms with Crippen LogP contribution in [0.3, 0.4) is 0 Å². The molecule has 2 rings (SSSR count). The van der Waals surface area contributed by atoms with Crippen LogP contribution in [0.5, 0.6) is 0 Å². The molecule has 0 saturated carbocycles. The summed E-state index contributed by atoms with van der Waals surface area (Å²) in [4.78, 5) is 10.9. The minimum absolute atomic E-state index is 0.204. The molecule has 4 heteroatoms. The van der Waals surface area contributed by atoms with Crippen LogP contribution in [0.1, 0.15) is 41.6 Å². The van der Waals surface area contributed by atoms with Crippen molar-refractivity contribution in [3.63, 3.8) is 0 Å². The van der Waals surface area contributed by atoms with E-state index in [9.17, 15) is 4.79 Å². The third-order valence-corrected chi connectivity index (χ3v) is 2.64. The van der Waals surface area contributed by atoms with Crippen LogP contribution in [0, 0.1) is 0 Å². The maximum Gasteiger partial charge on any atom is 0.172 e. The summed E-state index contributed by atoms with van der Waals surface area (Å²) in [5.74, 6) is 0. The van der Waals surface area contributed by atoms with E-state index in [1.807, 2.05) is 44.2 Å². The molecule has 0 bridgehead atoms. The van der Waals surface area contributed by atoms with Gasteiger partial charge in [-0.2, -0.15) is 0 Å². The molecule has 1 aromatic heterocycles. The van der Waals surface area contributed by atoms with Crippen molar-refractivity contribution >= 4 is 6.29 Å². The lowest BCUT2D eigenvalue weighted by Gasteiger charge is -2.09. The van der Waals surface area contributed by atoms with E-state index in [2.05, 4.69) is 10.3 Å². The third-order valence-electron chi connectivity index (χ3n) is 2.64. The average Bonchev–Trinajstić information content (AvgIpc) is 2.73. The molecule has 0 atom stereocenters. The molecule has 0 fully saturated rings. The fourth-order valence-electron chi connectivity index (χ4n) is 1.79. The fraction of sp³-hybridized carbons (Fsp3) is 0.308. The Bertz CT molecular complexity index is 503. The summed E-state index contributed by atoms with van der Waals surface area (Å²) in [6.07, 6.45) is 1.45. The first-order chi connectivity index (χ1) is 8.22.